The largest absolute Gasteiger partial charge is 0.352 e. The number of piperidine rings is 1. The van der Waals surface area contributed by atoms with Gasteiger partial charge in [-0.3, -0.25) is 4.79 Å². The third-order valence-electron chi connectivity index (χ3n) is 4.92. The van der Waals surface area contributed by atoms with Crippen molar-refractivity contribution in [2.45, 2.75) is 37.8 Å². The van der Waals surface area contributed by atoms with Crippen molar-refractivity contribution in [2.24, 2.45) is 5.92 Å². The van der Waals surface area contributed by atoms with Crippen molar-refractivity contribution in [1.29, 1.82) is 0 Å². The zero-order chi connectivity index (χ0) is 15.0. The number of amides is 1. The Morgan fingerprint density at radius 1 is 1.38 bits per heavy atom. The number of carbonyl (C=O) groups is 1. The summed E-state index contributed by atoms with van der Waals surface area (Å²) in [7, 11) is 2.20. The van der Waals surface area contributed by atoms with E-state index in [4.69, 9.17) is 0 Å². The van der Waals surface area contributed by atoms with Crippen LogP contribution in [0.5, 0.6) is 0 Å². The molecule has 2 unspecified atom stereocenters. The molecule has 1 N–H and O–H groups in total. The summed E-state index contributed by atoms with van der Waals surface area (Å²) in [5, 5.41) is 2.90. The average molecular weight is 355 g/mol. The Bertz CT molecular complexity index is 537. The third-order valence-corrected chi connectivity index (χ3v) is 5.42. The van der Waals surface area contributed by atoms with Gasteiger partial charge in [-0.15, -0.1) is 0 Å². The first-order chi connectivity index (χ1) is 10.0. The topological polar surface area (TPSA) is 32.3 Å². The molecule has 114 valence electrons. The van der Waals surface area contributed by atoms with Crippen LogP contribution in [0.3, 0.4) is 0 Å². The highest BCUT2D eigenvalue weighted by Crippen LogP contribution is 2.37. The van der Waals surface area contributed by atoms with Gasteiger partial charge in [0.15, 0.2) is 0 Å². The molecule has 2 fully saturated rings. The molecule has 3 rings (SSSR count). The lowest BCUT2D eigenvalue weighted by Crippen LogP contribution is -2.43. The molecule has 0 spiro atoms. The minimum Gasteiger partial charge on any atom is -0.352 e. The van der Waals surface area contributed by atoms with Crippen molar-refractivity contribution in [3.05, 3.63) is 34.1 Å². The summed E-state index contributed by atoms with van der Waals surface area (Å²) in [5.41, 5.74) is 0.120. The second-order valence-electron chi connectivity index (χ2n) is 6.22. The third kappa shape index (κ3) is 3.14. The molecule has 1 aromatic carbocycles. The quantitative estimate of drug-likeness (QED) is 0.903. The number of halogens is 2. The number of rotatable bonds is 3. The zero-order valence-electron chi connectivity index (χ0n) is 12.1. The lowest BCUT2D eigenvalue weighted by Gasteiger charge is -2.36. The van der Waals surface area contributed by atoms with E-state index in [1.165, 1.54) is 25.0 Å². The number of carbonyl (C=O) groups excluding carboxylic acids is 1. The Balaban J connectivity index is 1.57. The molecule has 0 saturated carbocycles. The molecule has 2 heterocycles. The van der Waals surface area contributed by atoms with E-state index in [9.17, 15) is 9.18 Å². The van der Waals surface area contributed by atoms with Gasteiger partial charge >= 0.3 is 0 Å². The van der Waals surface area contributed by atoms with Crippen molar-refractivity contribution < 1.29 is 9.18 Å². The van der Waals surface area contributed by atoms with Crippen molar-refractivity contribution in [2.75, 3.05) is 13.6 Å². The van der Waals surface area contributed by atoms with Crippen LogP contribution in [0, 0.1) is 11.7 Å². The summed E-state index contributed by atoms with van der Waals surface area (Å²) >= 11 is 3.20. The molecule has 1 amide bonds. The fourth-order valence-corrected chi connectivity index (χ4v) is 4.03. The highest BCUT2D eigenvalue weighted by molar-refractivity contribution is 9.10. The normalized spacial score (nSPS) is 28.6. The van der Waals surface area contributed by atoms with E-state index in [0.29, 0.717) is 29.0 Å². The summed E-state index contributed by atoms with van der Waals surface area (Å²) in [6.45, 7) is 0.648. The van der Waals surface area contributed by atoms with Crippen molar-refractivity contribution in [3.8, 4) is 0 Å². The maximum absolute atomic E-state index is 13.8. The van der Waals surface area contributed by atoms with Crippen LogP contribution < -0.4 is 5.32 Å². The summed E-state index contributed by atoms with van der Waals surface area (Å²) in [6.07, 6.45) is 4.81. The van der Waals surface area contributed by atoms with E-state index < -0.39 is 5.82 Å². The van der Waals surface area contributed by atoms with E-state index >= 15 is 0 Å². The van der Waals surface area contributed by atoms with Crippen LogP contribution in [0.25, 0.3) is 0 Å². The molecule has 2 saturated heterocycles. The van der Waals surface area contributed by atoms with E-state index in [0.717, 1.165) is 12.8 Å². The second kappa shape index (κ2) is 6.05. The van der Waals surface area contributed by atoms with E-state index in [2.05, 4.69) is 33.2 Å². The molecular formula is C16H20BrFN2O. The van der Waals surface area contributed by atoms with Crippen LogP contribution in [0.1, 0.15) is 36.0 Å². The summed E-state index contributed by atoms with van der Waals surface area (Å²) < 4.78 is 14.4. The standard InChI is InChI=1S/C16H20BrFN2O/c1-20-12-3-4-13(20)7-10(6-12)9-19-16(21)14-5-2-11(17)8-15(14)18/h2,5,8,10,12-13H,3-4,6-7,9H2,1H3,(H,19,21). The van der Waals surface area contributed by atoms with Crippen molar-refractivity contribution in [1.82, 2.24) is 10.2 Å². The van der Waals surface area contributed by atoms with Gasteiger partial charge in [0.05, 0.1) is 5.56 Å². The predicted octanol–water partition coefficient (Wildman–Crippen LogP) is 3.19. The van der Waals surface area contributed by atoms with E-state index in [1.807, 2.05) is 0 Å². The number of hydrogen-bond donors (Lipinski definition) is 1. The molecule has 0 aliphatic carbocycles. The van der Waals surface area contributed by atoms with Crippen LogP contribution in [0.4, 0.5) is 4.39 Å². The van der Waals surface area contributed by atoms with Gasteiger partial charge in [-0.1, -0.05) is 15.9 Å². The van der Waals surface area contributed by atoms with Gasteiger partial charge in [0.25, 0.3) is 5.91 Å². The number of hydrogen-bond acceptors (Lipinski definition) is 2. The number of nitrogens with zero attached hydrogens (tertiary/aromatic N) is 1. The summed E-state index contributed by atoms with van der Waals surface area (Å²) in [6, 6.07) is 5.86. The van der Waals surface area contributed by atoms with Gasteiger partial charge in [0.1, 0.15) is 5.82 Å². The van der Waals surface area contributed by atoms with Crippen LogP contribution >= 0.6 is 15.9 Å². The molecule has 1 aromatic rings. The molecule has 0 aromatic heterocycles. The van der Waals surface area contributed by atoms with Crippen molar-refractivity contribution >= 4 is 21.8 Å². The molecule has 2 bridgehead atoms. The Hall–Kier alpha value is -0.940. The predicted molar refractivity (Wildman–Crippen MR) is 83.7 cm³/mol. The zero-order valence-corrected chi connectivity index (χ0v) is 13.7. The molecule has 2 aliphatic heterocycles. The van der Waals surface area contributed by atoms with Gasteiger partial charge in [-0.25, -0.2) is 4.39 Å². The maximum atomic E-state index is 13.8. The van der Waals surface area contributed by atoms with Crippen LogP contribution in [0.15, 0.2) is 22.7 Å². The lowest BCUT2D eigenvalue weighted by molar-refractivity contribution is 0.0913. The lowest BCUT2D eigenvalue weighted by atomic mass is 9.91. The van der Waals surface area contributed by atoms with Gasteiger partial charge < -0.3 is 10.2 Å². The number of nitrogens with one attached hydrogen (secondary N) is 1. The van der Waals surface area contributed by atoms with Gasteiger partial charge in [-0.05, 0) is 56.8 Å². The summed E-state index contributed by atoms with van der Waals surface area (Å²) in [4.78, 5) is 14.6. The molecule has 21 heavy (non-hydrogen) atoms. The van der Waals surface area contributed by atoms with Crippen LogP contribution in [-0.4, -0.2) is 36.5 Å². The first kappa shape index (κ1) is 15.0. The minimum absolute atomic E-state index is 0.120. The number of fused-ring (bicyclic) bond motifs is 2. The summed E-state index contributed by atoms with van der Waals surface area (Å²) in [5.74, 6) is -0.280. The molecule has 3 nitrogen and oxygen atoms in total. The Kier molecular flexibility index (Phi) is 4.31. The molecule has 5 heteroatoms. The van der Waals surface area contributed by atoms with E-state index in [1.54, 1.807) is 6.07 Å². The van der Waals surface area contributed by atoms with Gasteiger partial charge in [0, 0.05) is 23.1 Å². The van der Waals surface area contributed by atoms with E-state index in [-0.39, 0.29) is 11.5 Å². The number of benzene rings is 1. The first-order valence-corrected chi connectivity index (χ1v) is 8.29. The van der Waals surface area contributed by atoms with Crippen LogP contribution in [0.2, 0.25) is 0 Å². The Morgan fingerprint density at radius 3 is 2.67 bits per heavy atom. The maximum Gasteiger partial charge on any atom is 0.254 e. The fraction of sp³-hybridized carbons (Fsp3) is 0.562. The van der Waals surface area contributed by atoms with Gasteiger partial charge in [0.2, 0.25) is 0 Å². The smallest absolute Gasteiger partial charge is 0.254 e. The van der Waals surface area contributed by atoms with Gasteiger partial charge in [-0.2, -0.15) is 0 Å². The molecular weight excluding hydrogens is 335 g/mol. The monoisotopic (exact) mass is 354 g/mol. The first-order valence-electron chi connectivity index (χ1n) is 7.50. The minimum atomic E-state index is -0.481. The highest BCUT2D eigenvalue weighted by Gasteiger charge is 2.38. The Labute approximate surface area is 133 Å². The molecule has 2 aliphatic rings. The molecule has 2 atom stereocenters. The average Bonchev–Trinajstić information content (AvgIpc) is 2.67. The Morgan fingerprint density at radius 2 is 2.05 bits per heavy atom. The highest BCUT2D eigenvalue weighted by atomic mass is 79.9. The van der Waals surface area contributed by atoms with Crippen molar-refractivity contribution in [3.63, 3.8) is 0 Å². The fourth-order valence-electron chi connectivity index (χ4n) is 3.70. The second-order valence-corrected chi connectivity index (χ2v) is 7.14. The molecule has 0 radical (unpaired) electrons. The van der Waals surface area contributed by atoms with Crippen LogP contribution in [-0.2, 0) is 0 Å². The SMILES string of the molecule is CN1C2CCC1CC(CNC(=O)c1ccc(Br)cc1F)C2.